The largest absolute Gasteiger partial charge is 0.456 e. The summed E-state index contributed by atoms with van der Waals surface area (Å²) in [5.74, 6) is -6.21. The summed E-state index contributed by atoms with van der Waals surface area (Å²) in [5, 5.41) is 11.4. The first kappa shape index (κ1) is 36.3. The van der Waals surface area contributed by atoms with Crippen LogP contribution in [0.3, 0.4) is 0 Å². The molecule has 0 aromatic carbocycles. The number of hydrogen-bond donors (Lipinski definition) is 1. The summed E-state index contributed by atoms with van der Waals surface area (Å²) in [5.41, 5.74) is -3.38. The fraction of sp³-hybridized carbons (Fsp3) is 0.886. The van der Waals surface area contributed by atoms with Crippen molar-refractivity contribution in [2.75, 3.05) is 6.61 Å². The third kappa shape index (κ3) is 5.12. The van der Waals surface area contributed by atoms with Gasteiger partial charge in [0.05, 0.1) is 0 Å². The van der Waals surface area contributed by atoms with E-state index < -0.39 is 95.3 Å². The van der Waals surface area contributed by atoms with Crippen LogP contribution in [-0.4, -0.2) is 71.3 Å². The molecule has 7 saturated heterocycles. The van der Waals surface area contributed by atoms with Gasteiger partial charge in [0.1, 0.15) is 12.7 Å². The molecule has 286 valence electrons. The van der Waals surface area contributed by atoms with E-state index in [2.05, 4.69) is 11.8 Å². The van der Waals surface area contributed by atoms with Crippen molar-refractivity contribution in [3.05, 3.63) is 11.3 Å². The minimum Gasteiger partial charge on any atom is -0.456 e. The average Bonchev–Trinajstić information content (AvgIpc) is 3.42. The van der Waals surface area contributed by atoms with E-state index in [1.54, 1.807) is 13.8 Å². The van der Waals surface area contributed by atoms with Gasteiger partial charge in [0.2, 0.25) is 23.6 Å². The van der Waals surface area contributed by atoms with Crippen molar-refractivity contribution >= 4 is 0 Å². The van der Waals surface area contributed by atoms with Crippen molar-refractivity contribution in [2.24, 2.45) is 41.4 Å². The lowest BCUT2D eigenvalue weighted by Gasteiger charge is -2.62. The van der Waals surface area contributed by atoms with Gasteiger partial charge in [-0.1, -0.05) is 32.6 Å². The molecule has 8 aliphatic heterocycles. The molecule has 0 radical (unpaired) electrons. The van der Waals surface area contributed by atoms with Crippen LogP contribution in [0, 0.1) is 53.3 Å². The van der Waals surface area contributed by atoms with Crippen LogP contribution in [0.25, 0.3) is 0 Å². The van der Waals surface area contributed by atoms with E-state index >= 15 is 13.2 Å². The highest BCUT2D eigenvalue weighted by atomic mass is 19.4. The Kier molecular flexibility index (Phi) is 8.30. The zero-order valence-electron chi connectivity index (χ0n) is 29.0. The Labute approximate surface area is 291 Å². The predicted octanol–water partition coefficient (Wildman–Crippen LogP) is 6.57. The molecule has 3 unspecified atom stereocenters. The van der Waals surface area contributed by atoms with E-state index in [4.69, 9.17) is 43.2 Å². The molecule has 10 nitrogen and oxygen atoms in total. The maximum Gasteiger partial charge on any atom is 0.449 e. The number of hydrogen-bond acceptors (Lipinski definition) is 10. The monoisotopic (exact) mass is 738 g/mol. The molecule has 9 fully saturated rings. The number of fused-ring (bicyclic) bond motifs is 4. The van der Waals surface area contributed by atoms with Gasteiger partial charge in [-0.25, -0.2) is 19.6 Å². The Morgan fingerprint density at radius 2 is 1.35 bits per heavy atom. The molecule has 51 heavy (non-hydrogen) atoms. The third-order valence-electron chi connectivity index (χ3n) is 13.4. The normalized spacial score (nSPS) is 50.9. The Balaban J connectivity index is 1.10. The number of allylic oxidation sites excluding steroid dienone is 1. The summed E-state index contributed by atoms with van der Waals surface area (Å²) < 4.78 is 118. The Hall–Kier alpha value is -1.68. The van der Waals surface area contributed by atoms with Crippen molar-refractivity contribution in [1.82, 2.24) is 0 Å². The highest BCUT2D eigenvalue weighted by molar-refractivity contribution is 5.35. The quantitative estimate of drug-likeness (QED) is 0.194. The molecular formula is C35H44F6O10. The van der Waals surface area contributed by atoms with Gasteiger partial charge in [0, 0.05) is 42.1 Å². The second-order valence-corrected chi connectivity index (χ2v) is 16.3. The van der Waals surface area contributed by atoms with Gasteiger partial charge in [-0.05, 0) is 70.1 Å². The van der Waals surface area contributed by atoms with Gasteiger partial charge >= 0.3 is 12.4 Å². The van der Waals surface area contributed by atoms with Crippen LogP contribution in [0.15, 0.2) is 11.3 Å². The predicted molar refractivity (Wildman–Crippen MR) is 159 cm³/mol. The van der Waals surface area contributed by atoms with Crippen LogP contribution in [-0.2, 0) is 43.2 Å². The third-order valence-corrected chi connectivity index (χ3v) is 13.4. The topological polar surface area (TPSA) is 103 Å². The second kappa shape index (κ2) is 11.7. The molecule has 2 spiro atoms. The number of ether oxygens (including phenoxy) is 5. The van der Waals surface area contributed by atoms with Crippen molar-refractivity contribution in [1.29, 1.82) is 0 Å². The highest BCUT2D eigenvalue weighted by Gasteiger charge is 2.77. The number of rotatable bonds is 3. The summed E-state index contributed by atoms with van der Waals surface area (Å²) in [7, 11) is 0. The molecule has 1 N–H and O–H groups in total. The van der Waals surface area contributed by atoms with Gasteiger partial charge < -0.3 is 28.8 Å². The molecule has 8 heterocycles. The minimum absolute atomic E-state index is 0.00959. The zero-order chi connectivity index (χ0) is 36.6. The first-order valence-electron chi connectivity index (χ1n) is 17.9. The molecule has 0 amide bonds. The molecule has 0 aromatic heterocycles. The summed E-state index contributed by atoms with van der Waals surface area (Å²) >= 11 is 0. The molecule has 2 saturated carbocycles. The average molecular weight is 739 g/mol. The van der Waals surface area contributed by atoms with Crippen molar-refractivity contribution in [2.45, 2.75) is 146 Å². The van der Waals surface area contributed by atoms with E-state index in [-0.39, 0.29) is 30.1 Å². The molecule has 16 heteroatoms. The van der Waals surface area contributed by atoms with Gasteiger partial charge in [-0.2, -0.15) is 26.3 Å². The molecule has 0 aromatic rings. The number of halogens is 6. The van der Waals surface area contributed by atoms with Crippen molar-refractivity contribution in [3.8, 4) is 11.8 Å². The summed E-state index contributed by atoms with van der Waals surface area (Å²) in [6, 6.07) is 0. The van der Waals surface area contributed by atoms with Crippen LogP contribution in [0.2, 0.25) is 0 Å². The van der Waals surface area contributed by atoms with E-state index in [9.17, 15) is 18.3 Å². The van der Waals surface area contributed by atoms with Crippen molar-refractivity contribution < 1.29 is 74.7 Å². The SMILES string of the molecule is C[C@@H]1CC[C@H]2C(C(O)C#CCO[C@@]3(C(F)(F)F)O[C@@H]4O[C@]5(C)CCC6[C@H](C)CC[C@@H]([C@H]3C)[C@]64OO5)=C(C(F)(F)F)O[C@@H]3O[C@@]4(C)CCC1[C@]32OO4. The van der Waals surface area contributed by atoms with E-state index in [0.717, 1.165) is 0 Å². The summed E-state index contributed by atoms with van der Waals surface area (Å²) in [6.45, 7) is 7.60. The van der Waals surface area contributed by atoms with E-state index in [1.807, 2.05) is 13.8 Å². The standard InChI is InChI=1S/C35H44F6O10/c1-17-8-10-22-19(3)33(35(39,40)41,47-28-31(22)20(17)12-15-30(5,46-28)49-50-31)43-16-6-7-24(42)25-23-11-9-18(2)21-13-14-29(4)45-27(32(21,23)51-48-29)44-26(25)34(36,37)38/h17-24,27-28,42H,8-16H2,1-5H3/t17-,18-,19-,20?,21?,22+,23+,24?,27-,28+,29-,30+,31-,32-,33-/m1/s1. The first-order chi connectivity index (χ1) is 23.8. The second-order valence-electron chi connectivity index (χ2n) is 16.3. The van der Waals surface area contributed by atoms with Gasteiger partial charge in [0.25, 0.3) is 5.79 Å². The molecular weight excluding hydrogens is 694 g/mol. The molecule has 4 bridgehead atoms. The minimum atomic E-state index is -5.08. The molecule has 15 atom stereocenters. The Bertz CT molecular complexity index is 1510. The summed E-state index contributed by atoms with van der Waals surface area (Å²) in [4.78, 5) is 23.2. The number of aliphatic hydroxyl groups is 1. The van der Waals surface area contributed by atoms with Crippen LogP contribution >= 0.6 is 0 Å². The van der Waals surface area contributed by atoms with Crippen LogP contribution in [0.4, 0.5) is 26.3 Å². The Morgan fingerprint density at radius 1 is 0.765 bits per heavy atom. The Morgan fingerprint density at radius 3 is 1.98 bits per heavy atom. The van der Waals surface area contributed by atoms with Crippen molar-refractivity contribution in [3.63, 3.8) is 0 Å². The smallest absolute Gasteiger partial charge is 0.449 e. The maximum absolute atomic E-state index is 15.2. The lowest BCUT2D eigenvalue weighted by atomic mass is 9.57. The van der Waals surface area contributed by atoms with E-state index in [0.29, 0.717) is 44.9 Å². The highest BCUT2D eigenvalue weighted by Crippen LogP contribution is 2.65. The summed E-state index contributed by atoms with van der Waals surface area (Å²) in [6.07, 6.45) is -11.6. The first-order valence-corrected chi connectivity index (χ1v) is 17.9. The number of aliphatic hydroxyl groups excluding tert-OH is 1. The van der Waals surface area contributed by atoms with Gasteiger partial charge in [0.15, 0.2) is 17.5 Å². The fourth-order valence-corrected chi connectivity index (χ4v) is 10.8. The lowest BCUT2D eigenvalue weighted by Crippen LogP contribution is -2.76. The van der Waals surface area contributed by atoms with Crippen LogP contribution in [0.5, 0.6) is 0 Å². The fourth-order valence-electron chi connectivity index (χ4n) is 10.8. The van der Waals surface area contributed by atoms with E-state index in [1.165, 1.54) is 6.92 Å². The van der Waals surface area contributed by atoms with Crippen LogP contribution in [0.1, 0.15) is 86.0 Å². The maximum atomic E-state index is 15.2. The van der Waals surface area contributed by atoms with Gasteiger partial charge in [-0.15, -0.1) is 0 Å². The number of alkyl halides is 6. The van der Waals surface area contributed by atoms with Crippen LogP contribution < -0.4 is 0 Å². The zero-order valence-corrected chi connectivity index (χ0v) is 29.0. The molecule has 10 rings (SSSR count). The molecule has 2 aliphatic carbocycles. The lowest BCUT2D eigenvalue weighted by molar-refractivity contribution is -0.598. The molecule has 10 aliphatic rings. The van der Waals surface area contributed by atoms with Gasteiger partial charge in [-0.3, -0.25) is 0 Å².